The van der Waals surface area contributed by atoms with Crippen molar-refractivity contribution in [2.75, 3.05) is 0 Å². The van der Waals surface area contributed by atoms with E-state index in [0.717, 1.165) is 22.4 Å². The third-order valence-corrected chi connectivity index (χ3v) is 4.58. The van der Waals surface area contributed by atoms with Crippen molar-refractivity contribution in [3.8, 4) is 5.75 Å². The predicted octanol–water partition coefficient (Wildman–Crippen LogP) is 5.14. The number of alkyl halides is 1. The van der Waals surface area contributed by atoms with Crippen molar-refractivity contribution in [3.05, 3.63) is 67.7 Å². The number of nitro groups is 1. The van der Waals surface area contributed by atoms with Crippen LogP contribution in [0, 0.1) is 17.0 Å². The van der Waals surface area contributed by atoms with Crippen LogP contribution in [0.3, 0.4) is 0 Å². The molecule has 0 aliphatic heterocycles. The van der Waals surface area contributed by atoms with Gasteiger partial charge in [0.1, 0.15) is 16.8 Å². The molecule has 0 saturated carbocycles. The van der Waals surface area contributed by atoms with Crippen molar-refractivity contribution in [1.82, 2.24) is 0 Å². The van der Waals surface area contributed by atoms with E-state index < -0.39 is 4.92 Å². The van der Waals surface area contributed by atoms with E-state index in [9.17, 15) is 10.1 Å². The van der Waals surface area contributed by atoms with E-state index in [1.807, 2.05) is 31.2 Å². The smallest absolute Gasteiger partial charge is 0.283 e. The molecular formula is C15H13Br2NO3. The zero-order valence-electron chi connectivity index (χ0n) is 11.3. The van der Waals surface area contributed by atoms with Gasteiger partial charge in [0.05, 0.1) is 4.92 Å². The fraction of sp³-hybridized carbons (Fsp3) is 0.200. The highest BCUT2D eigenvalue weighted by atomic mass is 79.9. The predicted molar refractivity (Wildman–Crippen MR) is 88.9 cm³/mol. The standard InChI is InChI=1S/C15H13Br2NO3/c1-10-4-2-5-11(8-16)15(10)21-9-12-6-3-7-13(14(12)17)18(19)20/h2-7H,8-9H2,1H3. The number of benzene rings is 2. The summed E-state index contributed by atoms with van der Waals surface area (Å²) in [6, 6.07) is 10.9. The van der Waals surface area contributed by atoms with Crippen molar-refractivity contribution in [2.24, 2.45) is 0 Å². The van der Waals surface area contributed by atoms with Gasteiger partial charge in [-0.15, -0.1) is 0 Å². The fourth-order valence-corrected chi connectivity index (χ4v) is 2.96. The van der Waals surface area contributed by atoms with Gasteiger partial charge in [-0.3, -0.25) is 10.1 Å². The highest BCUT2D eigenvalue weighted by Crippen LogP contribution is 2.31. The molecule has 0 fully saturated rings. The molecule has 0 unspecified atom stereocenters. The minimum atomic E-state index is -0.411. The van der Waals surface area contributed by atoms with Gasteiger partial charge < -0.3 is 4.74 Å². The second-order valence-electron chi connectivity index (χ2n) is 4.49. The Kier molecular flexibility index (Phi) is 5.36. The lowest BCUT2D eigenvalue weighted by Crippen LogP contribution is -2.02. The molecule has 2 rings (SSSR count). The van der Waals surface area contributed by atoms with Crippen molar-refractivity contribution >= 4 is 37.5 Å². The van der Waals surface area contributed by atoms with Crippen LogP contribution in [0.5, 0.6) is 5.75 Å². The van der Waals surface area contributed by atoms with Crippen LogP contribution in [0.25, 0.3) is 0 Å². The third kappa shape index (κ3) is 3.63. The van der Waals surface area contributed by atoms with E-state index in [2.05, 4.69) is 31.9 Å². The van der Waals surface area contributed by atoms with Gasteiger partial charge >= 0.3 is 0 Å². The van der Waals surface area contributed by atoms with Crippen LogP contribution in [0.4, 0.5) is 5.69 Å². The second-order valence-corrected chi connectivity index (χ2v) is 5.85. The van der Waals surface area contributed by atoms with Crippen LogP contribution in [-0.4, -0.2) is 4.92 Å². The molecule has 0 aliphatic carbocycles. The number of hydrogen-bond donors (Lipinski definition) is 0. The van der Waals surface area contributed by atoms with Crippen LogP contribution in [0.1, 0.15) is 16.7 Å². The van der Waals surface area contributed by atoms with Gasteiger partial charge in [-0.1, -0.05) is 46.3 Å². The Labute approximate surface area is 139 Å². The molecular weight excluding hydrogens is 402 g/mol. The third-order valence-electron chi connectivity index (χ3n) is 3.06. The zero-order valence-corrected chi connectivity index (χ0v) is 14.5. The Bertz CT molecular complexity index is 674. The number of ether oxygens (including phenoxy) is 1. The molecule has 4 nitrogen and oxygen atoms in total. The summed E-state index contributed by atoms with van der Waals surface area (Å²) in [4.78, 5) is 10.5. The lowest BCUT2D eigenvalue weighted by atomic mass is 10.1. The van der Waals surface area contributed by atoms with E-state index >= 15 is 0 Å². The summed E-state index contributed by atoms with van der Waals surface area (Å²) in [6.45, 7) is 2.25. The lowest BCUT2D eigenvalue weighted by Gasteiger charge is -2.13. The summed E-state index contributed by atoms with van der Waals surface area (Å²) in [7, 11) is 0. The summed E-state index contributed by atoms with van der Waals surface area (Å²) in [6.07, 6.45) is 0. The van der Waals surface area contributed by atoms with Gasteiger partial charge in [0.25, 0.3) is 5.69 Å². The van der Waals surface area contributed by atoms with Crippen LogP contribution in [0.2, 0.25) is 0 Å². The maximum absolute atomic E-state index is 10.9. The van der Waals surface area contributed by atoms with E-state index in [1.165, 1.54) is 6.07 Å². The fourth-order valence-electron chi connectivity index (χ4n) is 1.99. The van der Waals surface area contributed by atoms with Gasteiger partial charge in [-0.05, 0) is 28.4 Å². The molecule has 21 heavy (non-hydrogen) atoms. The first-order valence-electron chi connectivity index (χ1n) is 6.23. The van der Waals surface area contributed by atoms with Crippen molar-refractivity contribution < 1.29 is 9.66 Å². The van der Waals surface area contributed by atoms with Gasteiger partial charge in [-0.2, -0.15) is 0 Å². The van der Waals surface area contributed by atoms with Crippen LogP contribution >= 0.6 is 31.9 Å². The average Bonchev–Trinajstić information content (AvgIpc) is 2.46. The zero-order chi connectivity index (χ0) is 15.4. The molecule has 0 bridgehead atoms. The molecule has 0 radical (unpaired) electrons. The molecule has 0 N–H and O–H groups in total. The molecule has 2 aromatic carbocycles. The first-order chi connectivity index (χ1) is 10.0. The Morgan fingerprint density at radius 3 is 2.52 bits per heavy atom. The SMILES string of the molecule is Cc1cccc(CBr)c1OCc1cccc([N+](=O)[O-])c1Br. The summed E-state index contributed by atoms with van der Waals surface area (Å²) in [5, 5.41) is 11.6. The normalized spacial score (nSPS) is 10.4. The van der Waals surface area contributed by atoms with Gasteiger partial charge in [0, 0.05) is 22.5 Å². The first-order valence-corrected chi connectivity index (χ1v) is 8.15. The van der Waals surface area contributed by atoms with Crippen LogP contribution < -0.4 is 4.74 Å². The van der Waals surface area contributed by atoms with Crippen LogP contribution in [-0.2, 0) is 11.9 Å². The lowest BCUT2D eigenvalue weighted by molar-refractivity contribution is -0.385. The molecule has 0 aromatic heterocycles. The molecule has 0 saturated heterocycles. The monoisotopic (exact) mass is 413 g/mol. The molecule has 0 amide bonds. The summed E-state index contributed by atoms with van der Waals surface area (Å²) in [5.74, 6) is 0.813. The Morgan fingerprint density at radius 1 is 1.19 bits per heavy atom. The Hall–Kier alpha value is -1.40. The topological polar surface area (TPSA) is 52.4 Å². The van der Waals surface area contributed by atoms with Crippen molar-refractivity contribution in [1.29, 1.82) is 0 Å². The second kappa shape index (κ2) is 7.04. The minimum Gasteiger partial charge on any atom is -0.488 e. The number of nitrogens with zero attached hydrogens (tertiary/aromatic N) is 1. The molecule has 0 heterocycles. The Balaban J connectivity index is 2.25. The van der Waals surface area contributed by atoms with Crippen LogP contribution in [0.15, 0.2) is 40.9 Å². The molecule has 0 spiro atoms. The summed E-state index contributed by atoms with van der Waals surface area (Å²) < 4.78 is 6.34. The van der Waals surface area contributed by atoms with E-state index in [1.54, 1.807) is 6.07 Å². The summed E-state index contributed by atoms with van der Waals surface area (Å²) in [5.41, 5.74) is 2.87. The van der Waals surface area contributed by atoms with E-state index in [-0.39, 0.29) is 12.3 Å². The maximum Gasteiger partial charge on any atom is 0.283 e. The number of hydrogen-bond acceptors (Lipinski definition) is 3. The van der Waals surface area contributed by atoms with Crippen molar-refractivity contribution in [2.45, 2.75) is 18.9 Å². The molecule has 2 aromatic rings. The minimum absolute atomic E-state index is 0.0431. The average molecular weight is 415 g/mol. The molecule has 6 heteroatoms. The number of aryl methyl sites for hydroxylation is 1. The first kappa shape index (κ1) is 16.0. The van der Waals surface area contributed by atoms with Crippen molar-refractivity contribution in [3.63, 3.8) is 0 Å². The number of halogens is 2. The summed E-state index contributed by atoms with van der Waals surface area (Å²) >= 11 is 6.71. The Morgan fingerprint density at radius 2 is 1.86 bits per heavy atom. The highest BCUT2D eigenvalue weighted by Gasteiger charge is 2.15. The largest absolute Gasteiger partial charge is 0.488 e. The number of rotatable bonds is 5. The highest BCUT2D eigenvalue weighted by molar-refractivity contribution is 9.10. The molecule has 0 atom stereocenters. The van der Waals surface area contributed by atoms with E-state index in [4.69, 9.17) is 4.74 Å². The van der Waals surface area contributed by atoms with E-state index in [0.29, 0.717) is 9.80 Å². The molecule has 110 valence electrons. The number of nitro benzene ring substituents is 1. The van der Waals surface area contributed by atoms with Gasteiger partial charge in [0.15, 0.2) is 0 Å². The number of para-hydroxylation sites is 1. The maximum atomic E-state index is 10.9. The quantitative estimate of drug-likeness (QED) is 0.386. The van der Waals surface area contributed by atoms with Gasteiger partial charge in [-0.25, -0.2) is 0 Å². The molecule has 0 aliphatic rings. The van der Waals surface area contributed by atoms with Gasteiger partial charge in [0.2, 0.25) is 0 Å².